The summed E-state index contributed by atoms with van der Waals surface area (Å²) in [7, 11) is 4.09. The van der Waals surface area contributed by atoms with Crippen LogP contribution in [0.5, 0.6) is 0 Å². The van der Waals surface area contributed by atoms with Crippen LogP contribution in [0.3, 0.4) is 0 Å². The van der Waals surface area contributed by atoms with Crippen LogP contribution in [0.1, 0.15) is 34.3 Å². The Hall–Kier alpha value is -1.39. The van der Waals surface area contributed by atoms with Gasteiger partial charge in [-0.2, -0.15) is 0 Å². The van der Waals surface area contributed by atoms with Crippen molar-refractivity contribution in [2.75, 3.05) is 40.4 Å². The second-order valence-corrected chi connectivity index (χ2v) is 6.52. The van der Waals surface area contributed by atoms with Crippen molar-refractivity contribution in [3.63, 3.8) is 0 Å². The molecule has 1 heterocycles. The van der Waals surface area contributed by atoms with Crippen molar-refractivity contribution in [2.24, 2.45) is 0 Å². The van der Waals surface area contributed by atoms with E-state index in [-0.39, 0.29) is 5.91 Å². The van der Waals surface area contributed by atoms with Crippen molar-refractivity contribution >= 4 is 5.91 Å². The van der Waals surface area contributed by atoms with Gasteiger partial charge in [0.15, 0.2) is 0 Å². The molecule has 1 fully saturated rings. The molecule has 1 aromatic rings. The zero-order valence-electron chi connectivity index (χ0n) is 14.3. The summed E-state index contributed by atoms with van der Waals surface area (Å²) in [5.41, 5.74) is 3.09. The van der Waals surface area contributed by atoms with E-state index in [0.717, 1.165) is 55.8 Å². The Morgan fingerprint density at radius 1 is 1.09 bits per heavy atom. The lowest BCUT2D eigenvalue weighted by molar-refractivity contribution is 0.0276. The van der Waals surface area contributed by atoms with Crippen LogP contribution in [0.15, 0.2) is 18.2 Å². The first-order valence-corrected chi connectivity index (χ1v) is 8.09. The fourth-order valence-electron chi connectivity index (χ4n) is 3.02. The summed E-state index contributed by atoms with van der Waals surface area (Å²) in [6.45, 7) is 7.24. The van der Waals surface area contributed by atoms with Crippen LogP contribution in [0.25, 0.3) is 0 Å². The molecule has 122 valence electrons. The van der Waals surface area contributed by atoms with Gasteiger partial charge in [-0.15, -0.1) is 0 Å². The second-order valence-electron chi connectivity index (χ2n) is 6.52. The van der Waals surface area contributed by atoms with Crippen molar-refractivity contribution in [3.8, 4) is 0 Å². The molecule has 4 nitrogen and oxygen atoms in total. The predicted molar refractivity (Wildman–Crippen MR) is 89.3 cm³/mol. The molecule has 0 spiro atoms. The zero-order chi connectivity index (χ0) is 16.1. The van der Waals surface area contributed by atoms with Gasteiger partial charge in [0.1, 0.15) is 0 Å². The molecular formula is C18H28N2O2. The Balaban J connectivity index is 2.19. The lowest BCUT2D eigenvalue weighted by Crippen LogP contribution is -2.46. The molecule has 22 heavy (non-hydrogen) atoms. The Morgan fingerprint density at radius 3 is 2.23 bits per heavy atom. The van der Waals surface area contributed by atoms with Gasteiger partial charge in [-0.3, -0.25) is 4.79 Å². The first kappa shape index (κ1) is 17.0. The number of aryl methyl sites for hydroxylation is 2. The topological polar surface area (TPSA) is 32.8 Å². The maximum Gasteiger partial charge on any atom is 0.254 e. The van der Waals surface area contributed by atoms with Gasteiger partial charge in [0.05, 0.1) is 0 Å². The Morgan fingerprint density at radius 2 is 1.68 bits per heavy atom. The number of benzene rings is 1. The van der Waals surface area contributed by atoms with E-state index in [1.54, 1.807) is 0 Å². The lowest BCUT2D eigenvalue weighted by Gasteiger charge is -2.35. The molecule has 0 saturated carbocycles. The average molecular weight is 304 g/mol. The summed E-state index contributed by atoms with van der Waals surface area (Å²) in [5, 5.41) is 0. The highest BCUT2D eigenvalue weighted by molar-refractivity contribution is 5.94. The normalized spacial score (nSPS) is 16.0. The minimum Gasteiger partial charge on any atom is -0.381 e. The van der Waals surface area contributed by atoms with Gasteiger partial charge in [-0.05, 0) is 52.9 Å². The van der Waals surface area contributed by atoms with Gasteiger partial charge < -0.3 is 14.5 Å². The van der Waals surface area contributed by atoms with Gasteiger partial charge in [0.25, 0.3) is 5.91 Å². The number of amides is 1. The Bertz CT molecular complexity index is 488. The standard InChI is InChI=1S/C18H28N2O2/c1-14-11-15(2)13-16(12-14)18(21)20(8-7-19(3)4)17-5-9-22-10-6-17/h11-13,17H,5-10H2,1-4H3. The molecule has 4 heteroatoms. The number of rotatable bonds is 5. The van der Waals surface area contributed by atoms with Crippen molar-refractivity contribution in [2.45, 2.75) is 32.7 Å². The van der Waals surface area contributed by atoms with Gasteiger partial charge in [-0.25, -0.2) is 0 Å². The third-order valence-corrected chi connectivity index (χ3v) is 4.15. The first-order chi connectivity index (χ1) is 10.5. The van der Waals surface area contributed by atoms with Crippen LogP contribution in [-0.2, 0) is 4.74 Å². The minimum absolute atomic E-state index is 0.153. The Kier molecular flexibility index (Phi) is 5.98. The van der Waals surface area contributed by atoms with Gasteiger partial charge in [0, 0.05) is 37.9 Å². The highest BCUT2D eigenvalue weighted by Crippen LogP contribution is 2.19. The third-order valence-electron chi connectivity index (χ3n) is 4.15. The maximum absolute atomic E-state index is 13.0. The van der Waals surface area contributed by atoms with Crippen LogP contribution in [-0.4, -0.2) is 62.1 Å². The second kappa shape index (κ2) is 7.75. The molecule has 2 rings (SSSR count). The fraction of sp³-hybridized carbons (Fsp3) is 0.611. The molecule has 1 saturated heterocycles. The van der Waals surface area contributed by atoms with Crippen LogP contribution in [0.2, 0.25) is 0 Å². The van der Waals surface area contributed by atoms with E-state index in [4.69, 9.17) is 4.74 Å². The highest BCUT2D eigenvalue weighted by Gasteiger charge is 2.26. The zero-order valence-corrected chi connectivity index (χ0v) is 14.3. The number of likely N-dealkylation sites (N-methyl/N-ethyl adjacent to an activating group) is 1. The number of carbonyl (C=O) groups excluding carboxylic acids is 1. The molecule has 0 atom stereocenters. The van der Waals surface area contributed by atoms with Crippen LogP contribution in [0.4, 0.5) is 0 Å². The number of carbonyl (C=O) groups is 1. The lowest BCUT2D eigenvalue weighted by atomic mass is 10.0. The van der Waals surface area contributed by atoms with E-state index in [2.05, 4.69) is 15.9 Å². The summed E-state index contributed by atoms with van der Waals surface area (Å²) in [6, 6.07) is 6.39. The average Bonchev–Trinajstić information content (AvgIpc) is 2.47. The summed E-state index contributed by atoms with van der Waals surface area (Å²) < 4.78 is 5.45. The largest absolute Gasteiger partial charge is 0.381 e. The van der Waals surface area contributed by atoms with Crippen molar-refractivity contribution in [1.82, 2.24) is 9.80 Å². The van der Waals surface area contributed by atoms with E-state index in [9.17, 15) is 4.79 Å². The van der Waals surface area contributed by atoms with Crippen molar-refractivity contribution in [1.29, 1.82) is 0 Å². The van der Waals surface area contributed by atoms with E-state index < -0.39 is 0 Å². The van der Waals surface area contributed by atoms with Crippen LogP contribution < -0.4 is 0 Å². The van der Waals surface area contributed by atoms with Gasteiger partial charge in [0.2, 0.25) is 0 Å². The first-order valence-electron chi connectivity index (χ1n) is 8.09. The van der Waals surface area contributed by atoms with E-state index in [0.29, 0.717) is 6.04 Å². The molecule has 0 bridgehead atoms. The minimum atomic E-state index is 0.153. The molecule has 0 aliphatic carbocycles. The van der Waals surface area contributed by atoms with Crippen LogP contribution >= 0.6 is 0 Å². The summed E-state index contributed by atoms with van der Waals surface area (Å²) in [5.74, 6) is 0.153. The number of ether oxygens (including phenoxy) is 1. The molecule has 0 N–H and O–H groups in total. The van der Waals surface area contributed by atoms with Gasteiger partial charge in [-0.1, -0.05) is 17.2 Å². The molecule has 1 aliphatic rings. The molecule has 0 unspecified atom stereocenters. The highest BCUT2D eigenvalue weighted by atomic mass is 16.5. The Labute approximate surface area is 134 Å². The molecule has 1 aromatic carbocycles. The predicted octanol–water partition coefficient (Wildman–Crippen LogP) is 2.49. The molecule has 1 amide bonds. The van der Waals surface area contributed by atoms with Gasteiger partial charge >= 0.3 is 0 Å². The van der Waals surface area contributed by atoms with E-state index in [1.165, 1.54) is 0 Å². The number of hydrogen-bond acceptors (Lipinski definition) is 3. The third kappa shape index (κ3) is 4.55. The monoisotopic (exact) mass is 304 g/mol. The summed E-state index contributed by atoms with van der Waals surface area (Å²) >= 11 is 0. The molecular weight excluding hydrogens is 276 g/mol. The SMILES string of the molecule is Cc1cc(C)cc(C(=O)N(CCN(C)C)C2CCOCC2)c1. The van der Waals surface area contributed by atoms with Crippen LogP contribution in [0, 0.1) is 13.8 Å². The maximum atomic E-state index is 13.0. The van der Waals surface area contributed by atoms with Crippen molar-refractivity contribution < 1.29 is 9.53 Å². The number of hydrogen-bond donors (Lipinski definition) is 0. The molecule has 0 aromatic heterocycles. The quantitative estimate of drug-likeness (QED) is 0.838. The van der Waals surface area contributed by atoms with Crippen molar-refractivity contribution in [3.05, 3.63) is 34.9 Å². The molecule has 1 aliphatic heterocycles. The summed E-state index contributed by atoms with van der Waals surface area (Å²) in [6.07, 6.45) is 1.87. The van der Waals surface area contributed by atoms with E-state index in [1.807, 2.05) is 40.1 Å². The molecule has 0 radical (unpaired) electrons. The summed E-state index contributed by atoms with van der Waals surface area (Å²) in [4.78, 5) is 17.2. The smallest absolute Gasteiger partial charge is 0.254 e. The number of nitrogens with zero attached hydrogens (tertiary/aromatic N) is 2. The van der Waals surface area contributed by atoms with E-state index >= 15 is 0 Å². The fourth-order valence-corrected chi connectivity index (χ4v) is 3.02.